The van der Waals surface area contributed by atoms with Crippen molar-refractivity contribution in [3.8, 4) is 11.5 Å². The van der Waals surface area contributed by atoms with Gasteiger partial charge in [0.15, 0.2) is 11.7 Å². The number of methoxy groups -OCH3 is 1. The Hall–Kier alpha value is -2.47. The van der Waals surface area contributed by atoms with Crippen LogP contribution in [0, 0.1) is 6.92 Å². The number of rotatable bonds is 7. The molecule has 10 heteroatoms. The summed E-state index contributed by atoms with van der Waals surface area (Å²) in [6, 6.07) is 2.85. The molecule has 2 aromatic rings. The fourth-order valence-corrected chi connectivity index (χ4v) is 3.57. The highest BCUT2D eigenvalue weighted by atomic mass is 16.7. The van der Waals surface area contributed by atoms with Gasteiger partial charge in [0.25, 0.3) is 0 Å². The average molecular weight is 452 g/mol. The van der Waals surface area contributed by atoms with Crippen LogP contribution in [0.5, 0.6) is 11.5 Å². The minimum absolute atomic E-state index is 0.000677. The summed E-state index contributed by atoms with van der Waals surface area (Å²) in [4.78, 5) is 12.3. The molecule has 0 bridgehead atoms. The zero-order valence-corrected chi connectivity index (χ0v) is 18.0. The predicted octanol–water partition coefficient (Wildman–Crippen LogP) is 0.121. The van der Waals surface area contributed by atoms with Crippen LogP contribution in [0.25, 0.3) is 11.0 Å². The molecule has 0 spiro atoms. The normalized spacial score (nSPS) is 26.5. The van der Waals surface area contributed by atoms with E-state index < -0.39 is 37.3 Å². The van der Waals surface area contributed by atoms with Crippen LogP contribution in [-0.2, 0) is 15.9 Å². The fraction of sp³-hybridized carbons (Fsp3) is 0.500. The van der Waals surface area contributed by atoms with Crippen LogP contribution >= 0.6 is 0 Å². The number of fused-ring (bicyclic) bond motifs is 1. The van der Waals surface area contributed by atoms with Gasteiger partial charge < -0.3 is 44.2 Å². The topological polar surface area (TPSA) is 159 Å². The van der Waals surface area contributed by atoms with E-state index in [2.05, 4.69) is 0 Å². The number of benzene rings is 1. The molecular weight excluding hydrogens is 424 g/mol. The number of aryl methyl sites for hydroxylation is 1. The van der Waals surface area contributed by atoms with Gasteiger partial charge in [0, 0.05) is 17.7 Å². The van der Waals surface area contributed by atoms with Crippen LogP contribution in [0.4, 0.5) is 0 Å². The number of aliphatic hydroxyl groups excluding tert-OH is 4. The molecule has 1 aromatic heterocycles. The molecule has 5 atom stereocenters. The molecule has 5 N–H and O–H groups in total. The van der Waals surface area contributed by atoms with Crippen LogP contribution in [0.15, 0.2) is 33.0 Å². The second kappa shape index (κ2) is 9.99. The summed E-state index contributed by atoms with van der Waals surface area (Å²) in [5.41, 5.74) is 0.944. The third-order valence-corrected chi connectivity index (χ3v) is 5.38. The second-order valence-electron chi connectivity index (χ2n) is 7.76. The summed E-state index contributed by atoms with van der Waals surface area (Å²) in [6.07, 6.45) is -4.83. The first-order chi connectivity index (χ1) is 15.2. The molecule has 1 aliphatic heterocycles. The first-order valence-electron chi connectivity index (χ1n) is 10.1. The van der Waals surface area contributed by atoms with Crippen molar-refractivity contribution in [1.82, 2.24) is 0 Å². The quantitative estimate of drug-likeness (QED) is 0.365. The van der Waals surface area contributed by atoms with E-state index in [9.17, 15) is 30.3 Å². The number of aromatic hydroxyl groups is 1. The molecule has 0 saturated carbocycles. The Balaban J connectivity index is 1.76. The van der Waals surface area contributed by atoms with E-state index in [0.717, 1.165) is 0 Å². The van der Waals surface area contributed by atoms with Gasteiger partial charge in [0.2, 0.25) is 0 Å². The van der Waals surface area contributed by atoms with Gasteiger partial charge in [0.1, 0.15) is 52.6 Å². The van der Waals surface area contributed by atoms with Crippen LogP contribution in [0.3, 0.4) is 0 Å². The SMILES string of the molecule is COc1cc2oc(C)cc(=O)c2c(O)c1CC=C(C)CO[C@@H]1O[C@H](CO)[C@@H](O)[C@H](O)[C@H]1O. The van der Waals surface area contributed by atoms with E-state index in [-0.39, 0.29) is 35.2 Å². The number of hydrogen-bond donors (Lipinski definition) is 5. The molecular formula is C22H28O10. The van der Waals surface area contributed by atoms with Gasteiger partial charge in [-0.25, -0.2) is 0 Å². The Labute approximate surface area is 183 Å². The molecule has 0 aliphatic carbocycles. The zero-order valence-electron chi connectivity index (χ0n) is 18.0. The van der Waals surface area contributed by atoms with E-state index in [1.54, 1.807) is 26.0 Å². The smallest absolute Gasteiger partial charge is 0.196 e. The summed E-state index contributed by atoms with van der Waals surface area (Å²) < 4.78 is 21.7. The van der Waals surface area contributed by atoms with Gasteiger partial charge in [-0.05, 0) is 20.3 Å². The van der Waals surface area contributed by atoms with E-state index in [1.165, 1.54) is 13.2 Å². The second-order valence-corrected chi connectivity index (χ2v) is 7.76. The number of phenolic OH excluding ortho intramolecular Hbond substituents is 1. The van der Waals surface area contributed by atoms with Gasteiger partial charge in [-0.1, -0.05) is 11.6 Å². The summed E-state index contributed by atoms with van der Waals surface area (Å²) in [5.74, 6) is 0.535. The van der Waals surface area contributed by atoms with Gasteiger partial charge >= 0.3 is 0 Å². The summed E-state index contributed by atoms with van der Waals surface area (Å²) in [6.45, 7) is 2.83. The minimum atomic E-state index is -1.52. The van der Waals surface area contributed by atoms with Crippen LogP contribution < -0.4 is 10.2 Å². The first kappa shape index (κ1) is 24.2. The Bertz CT molecular complexity index is 1040. The monoisotopic (exact) mass is 452 g/mol. The van der Waals surface area contributed by atoms with Crippen LogP contribution in [0.2, 0.25) is 0 Å². The van der Waals surface area contributed by atoms with Gasteiger partial charge in [-0.2, -0.15) is 0 Å². The fourth-order valence-electron chi connectivity index (χ4n) is 3.57. The predicted molar refractivity (Wildman–Crippen MR) is 113 cm³/mol. The summed E-state index contributed by atoms with van der Waals surface area (Å²) in [7, 11) is 1.44. The number of ether oxygens (including phenoxy) is 3. The molecule has 1 aliphatic rings. The average Bonchev–Trinajstić information content (AvgIpc) is 2.75. The van der Waals surface area contributed by atoms with Crippen LogP contribution in [-0.4, -0.2) is 76.6 Å². The lowest BCUT2D eigenvalue weighted by molar-refractivity contribution is -0.299. The molecule has 2 heterocycles. The highest BCUT2D eigenvalue weighted by molar-refractivity contribution is 5.87. The maximum atomic E-state index is 12.3. The maximum Gasteiger partial charge on any atom is 0.196 e. The number of phenols is 1. The molecule has 1 aromatic carbocycles. The van der Waals surface area contributed by atoms with E-state index >= 15 is 0 Å². The van der Waals surface area contributed by atoms with Crippen molar-refractivity contribution < 1.29 is 44.2 Å². The van der Waals surface area contributed by atoms with Crippen molar-refractivity contribution in [1.29, 1.82) is 0 Å². The van der Waals surface area contributed by atoms with Crippen molar-refractivity contribution in [2.24, 2.45) is 0 Å². The molecule has 176 valence electrons. The van der Waals surface area contributed by atoms with E-state index in [4.69, 9.17) is 18.6 Å². The third-order valence-electron chi connectivity index (χ3n) is 5.38. The molecule has 1 fully saturated rings. The minimum Gasteiger partial charge on any atom is -0.507 e. The molecule has 10 nitrogen and oxygen atoms in total. The molecule has 3 rings (SSSR count). The number of allylic oxidation sites excluding steroid dienone is 1. The molecule has 32 heavy (non-hydrogen) atoms. The largest absolute Gasteiger partial charge is 0.507 e. The summed E-state index contributed by atoms with van der Waals surface area (Å²) in [5, 5.41) is 49.7. The van der Waals surface area contributed by atoms with Crippen molar-refractivity contribution in [2.75, 3.05) is 20.3 Å². The van der Waals surface area contributed by atoms with Crippen LogP contribution in [0.1, 0.15) is 18.2 Å². The van der Waals surface area contributed by atoms with Gasteiger partial charge in [-0.3, -0.25) is 4.79 Å². The van der Waals surface area contributed by atoms with Gasteiger partial charge in [0.05, 0.1) is 20.3 Å². The van der Waals surface area contributed by atoms with Crippen molar-refractivity contribution in [3.63, 3.8) is 0 Å². The lowest BCUT2D eigenvalue weighted by Crippen LogP contribution is -2.59. The Morgan fingerprint density at radius 1 is 1.19 bits per heavy atom. The molecule has 0 unspecified atom stereocenters. The van der Waals surface area contributed by atoms with E-state index in [1.807, 2.05) is 0 Å². The lowest BCUT2D eigenvalue weighted by Gasteiger charge is -2.39. The molecule has 1 saturated heterocycles. The zero-order chi connectivity index (χ0) is 23.6. The van der Waals surface area contributed by atoms with Crippen molar-refractivity contribution in [2.45, 2.75) is 51.0 Å². The first-order valence-corrected chi connectivity index (χ1v) is 10.1. The van der Waals surface area contributed by atoms with Crippen molar-refractivity contribution in [3.05, 3.63) is 45.3 Å². The highest BCUT2D eigenvalue weighted by Crippen LogP contribution is 2.35. The standard InChI is InChI=1S/C22H28O10/c1-10(9-30-22-21(28)20(27)19(26)16(8-23)32-22)4-5-12-14(29-3)7-15-17(18(12)25)13(24)6-11(2)31-15/h4,6-7,16,19-23,25-28H,5,8-9H2,1-3H3/t16-,19-,20+,21-,22-/m1/s1. The lowest BCUT2D eigenvalue weighted by atomic mass is 9.99. The number of aliphatic hydroxyl groups is 4. The van der Waals surface area contributed by atoms with Crippen molar-refractivity contribution >= 4 is 11.0 Å². The highest BCUT2D eigenvalue weighted by Gasteiger charge is 2.43. The Kier molecular flexibility index (Phi) is 7.55. The maximum absolute atomic E-state index is 12.3. The summed E-state index contributed by atoms with van der Waals surface area (Å²) >= 11 is 0. The third kappa shape index (κ3) is 4.80. The van der Waals surface area contributed by atoms with Gasteiger partial charge in [-0.15, -0.1) is 0 Å². The Morgan fingerprint density at radius 2 is 1.91 bits per heavy atom. The molecule has 0 radical (unpaired) electrons. The molecule has 0 amide bonds. The Morgan fingerprint density at radius 3 is 2.56 bits per heavy atom. The van der Waals surface area contributed by atoms with E-state index in [0.29, 0.717) is 22.6 Å². The number of hydrogen-bond acceptors (Lipinski definition) is 10.